The second-order valence-corrected chi connectivity index (χ2v) is 8.27. The van der Waals surface area contributed by atoms with Crippen LogP contribution < -0.4 is 4.90 Å². The monoisotopic (exact) mass is 402 g/mol. The van der Waals surface area contributed by atoms with Crippen molar-refractivity contribution in [3.63, 3.8) is 0 Å². The number of carbonyl (C=O) groups excluding carboxylic acids is 1. The first-order valence-electron chi connectivity index (χ1n) is 10.8. The Labute approximate surface area is 176 Å². The maximum absolute atomic E-state index is 13.6. The van der Waals surface area contributed by atoms with Gasteiger partial charge in [-0.25, -0.2) is 4.79 Å². The number of para-hydroxylation sites is 2. The summed E-state index contributed by atoms with van der Waals surface area (Å²) < 4.78 is 5.48. The molecule has 1 aliphatic carbocycles. The van der Waals surface area contributed by atoms with Crippen molar-refractivity contribution in [3.05, 3.63) is 72.4 Å². The molecule has 2 fully saturated rings. The van der Waals surface area contributed by atoms with Crippen molar-refractivity contribution in [2.45, 2.75) is 38.0 Å². The van der Waals surface area contributed by atoms with Crippen molar-refractivity contribution < 1.29 is 9.32 Å². The summed E-state index contributed by atoms with van der Waals surface area (Å²) in [5.41, 5.74) is 1.75. The van der Waals surface area contributed by atoms with Gasteiger partial charge in [-0.15, -0.1) is 0 Å². The number of likely N-dealkylation sites (tertiary alicyclic amines) is 1. The van der Waals surface area contributed by atoms with Crippen molar-refractivity contribution in [2.75, 3.05) is 18.0 Å². The lowest BCUT2D eigenvalue weighted by Gasteiger charge is -2.36. The average Bonchev–Trinajstić information content (AvgIpc) is 3.55. The van der Waals surface area contributed by atoms with Crippen LogP contribution in [-0.4, -0.2) is 34.2 Å². The van der Waals surface area contributed by atoms with Gasteiger partial charge in [-0.2, -0.15) is 4.98 Å². The molecule has 1 aromatic heterocycles. The zero-order valence-corrected chi connectivity index (χ0v) is 17.0. The Morgan fingerprint density at radius 1 is 1.00 bits per heavy atom. The molecule has 0 radical (unpaired) electrons. The van der Waals surface area contributed by atoms with Crippen LogP contribution in [0.1, 0.15) is 43.3 Å². The maximum atomic E-state index is 13.6. The molecule has 1 atom stereocenters. The van der Waals surface area contributed by atoms with Crippen LogP contribution >= 0.6 is 0 Å². The van der Waals surface area contributed by atoms with Crippen molar-refractivity contribution >= 4 is 17.4 Å². The number of hydrogen-bond acceptors (Lipinski definition) is 4. The second kappa shape index (κ2) is 8.30. The Hall–Kier alpha value is -3.15. The molecule has 6 heteroatoms. The predicted molar refractivity (Wildman–Crippen MR) is 115 cm³/mol. The SMILES string of the molecule is O=C(N1CCCC(Cc2nc(C3CC3)no2)C1)N(c1ccccc1)c1ccccc1. The van der Waals surface area contributed by atoms with Crippen LogP contribution in [0.2, 0.25) is 0 Å². The third-order valence-corrected chi connectivity index (χ3v) is 5.90. The van der Waals surface area contributed by atoms with Crippen molar-refractivity contribution in [1.29, 1.82) is 0 Å². The number of benzene rings is 2. The zero-order valence-electron chi connectivity index (χ0n) is 17.0. The van der Waals surface area contributed by atoms with E-state index in [1.165, 1.54) is 12.8 Å². The molecule has 1 saturated heterocycles. The highest BCUT2D eigenvalue weighted by Gasteiger charge is 2.32. The summed E-state index contributed by atoms with van der Waals surface area (Å²) in [5, 5.41) is 4.13. The van der Waals surface area contributed by atoms with E-state index < -0.39 is 0 Å². The number of rotatable bonds is 5. The quantitative estimate of drug-likeness (QED) is 0.591. The zero-order chi connectivity index (χ0) is 20.3. The highest BCUT2D eigenvalue weighted by Crippen LogP contribution is 2.38. The lowest BCUT2D eigenvalue weighted by atomic mass is 9.95. The molecule has 3 aromatic rings. The maximum Gasteiger partial charge on any atom is 0.329 e. The van der Waals surface area contributed by atoms with E-state index in [9.17, 15) is 4.79 Å². The normalized spacial score (nSPS) is 18.9. The summed E-state index contributed by atoms with van der Waals surface area (Å²) in [6.45, 7) is 1.47. The van der Waals surface area contributed by atoms with Gasteiger partial charge in [0.2, 0.25) is 5.89 Å². The molecule has 1 unspecified atom stereocenters. The molecule has 5 rings (SSSR count). The number of hydrogen-bond donors (Lipinski definition) is 0. The highest BCUT2D eigenvalue weighted by molar-refractivity contribution is 5.99. The molecule has 0 N–H and O–H groups in total. The van der Waals surface area contributed by atoms with Crippen LogP contribution in [0.25, 0.3) is 0 Å². The van der Waals surface area contributed by atoms with Gasteiger partial charge < -0.3 is 9.42 Å². The molecule has 1 aliphatic heterocycles. The number of piperidine rings is 1. The van der Waals surface area contributed by atoms with E-state index in [0.717, 1.165) is 43.0 Å². The number of aromatic nitrogens is 2. The second-order valence-electron chi connectivity index (χ2n) is 8.27. The van der Waals surface area contributed by atoms with E-state index in [1.54, 1.807) is 4.90 Å². The Balaban J connectivity index is 1.32. The van der Waals surface area contributed by atoms with Gasteiger partial charge in [0.25, 0.3) is 0 Å². The lowest BCUT2D eigenvalue weighted by Crippen LogP contribution is -2.46. The first-order valence-corrected chi connectivity index (χ1v) is 10.8. The van der Waals surface area contributed by atoms with E-state index in [-0.39, 0.29) is 6.03 Å². The van der Waals surface area contributed by atoms with Gasteiger partial charge in [-0.1, -0.05) is 41.6 Å². The van der Waals surface area contributed by atoms with E-state index in [4.69, 9.17) is 4.52 Å². The average molecular weight is 402 g/mol. The van der Waals surface area contributed by atoms with E-state index in [0.29, 0.717) is 24.3 Å². The smallest absolute Gasteiger partial charge is 0.329 e. The lowest BCUT2D eigenvalue weighted by molar-refractivity contribution is 0.169. The summed E-state index contributed by atoms with van der Waals surface area (Å²) in [4.78, 5) is 21.9. The van der Waals surface area contributed by atoms with Gasteiger partial charge in [0, 0.05) is 25.4 Å². The van der Waals surface area contributed by atoms with E-state index in [1.807, 2.05) is 65.6 Å². The largest absolute Gasteiger partial charge is 0.339 e. The number of amides is 2. The summed E-state index contributed by atoms with van der Waals surface area (Å²) in [6.07, 6.45) is 5.12. The Kier molecular flexibility index (Phi) is 5.22. The Bertz CT molecular complexity index is 945. The topological polar surface area (TPSA) is 62.5 Å². The fourth-order valence-electron chi connectivity index (χ4n) is 4.18. The fourth-order valence-corrected chi connectivity index (χ4v) is 4.18. The third kappa shape index (κ3) is 4.08. The van der Waals surface area contributed by atoms with E-state index >= 15 is 0 Å². The third-order valence-electron chi connectivity index (χ3n) is 5.90. The molecule has 2 aromatic carbocycles. The molecule has 2 heterocycles. The van der Waals surface area contributed by atoms with Crippen molar-refractivity contribution in [2.24, 2.45) is 5.92 Å². The first kappa shape index (κ1) is 18.9. The van der Waals surface area contributed by atoms with Crippen LogP contribution in [0.5, 0.6) is 0 Å². The molecule has 0 bridgehead atoms. The fraction of sp³-hybridized carbons (Fsp3) is 0.375. The van der Waals surface area contributed by atoms with Gasteiger partial charge in [-0.05, 0) is 55.9 Å². The molecule has 6 nitrogen and oxygen atoms in total. The molecule has 30 heavy (non-hydrogen) atoms. The molecule has 154 valence electrons. The number of urea groups is 1. The predicted octanol–water partition coefficient (Wildman–Crippen LogP) is 5.16. The highest BCUT2D eigenvalue weighted by atomic mass is 16.5. The van der Waals surface area contributed by atoms with Gasteiger partial charge in [-0.3, -0.25) is 4.90 Å². The van der Waals surface area contributed by atoms with Crippen molar-refractivity contribution in [3.8, 4) is 0 Å². The summed E-state index contributed by atoms with van der Waals surface area (Å²) in [7, 11) is 0. The first-order chi connectivity index (χ1) is 14.8. The van der Waals surface area contributed by atoms with Crippen molar-refractivity contribution in [1.82, 2.24) is 15.0 Å². The van der Waals surface area contributed by atoms with Crippen LogP contribution in [0.3, 0.4) is 0 Å². The molecule has 2 aliphatic rings. The molecule has 2 amide bonds. The van der Waals surface area contributed by atoms with Crippen LogP contribution in [-0.2, 0) is 6.42 Å². The summed E-state index contributed by atoms with van der Waals surface area (Å²) in [6, 6.07) is 19.7. The molecule has 1 saturated carbocycles. The van der Waals surface area contributed by atoms with Crippen LogP contribution in [0, 0.1) is 5.92 Å². The number of carbonyl (C=O) groups is 1. The Morgan fingerprint density at radius 2 is 1.67 bits per heavy atom. The van der Waals surface area contributed by atoms with Gasteiger partial charge >= 0.3 is 6.03 Å². The minimum absolute atomic E-state index is 0.0151. The minimum atomic E-state index is 0.0151. The summed E-state index contributed by atoms with van der Waals surface area (Å²) >= 11 is 0. The summed E-state index contributed by atoms with van der Waals surface area (Å²) in [5.74, 6) is 2.40. The van der Waals surface area contributed by atoms with E-state index in [2.05, 4.69) is 10.1 Å². The number of nitrogens with zero attached hydrogens (tertiary/aromatic N) is 4. The molecule has 0 spiro atoms. The Morgan fingerprint density at radius 3 is 2.30 bits per heavy atom. The number of anilines is 2. The van der Waals surface area contributed by atoms with Gasteiger partial charge in [0.1, 0.15) is 0 Å². The molecular weight excluding hydrogens is 376 g/mol. The standard InChI is InChI=1S/C24H26N4O2/c29-24(28(20-9-3-1-4-10-20)21-11-5-2-6-12-21)27-15-7-8-18(17-27)16-22-25-23(26-30-22)19-13-14-19/h1-6,9-12,18-19H,7-8,13-17H2. The molecular formula is C24H26N4O2. The van der Waals surface area contributed by atoms with Gasteiger partial charge in [0.15, 0.2) is 5.82 Å². The van der Waals surface area contributed by atoms with Crippen LogP contribution in [0.15, 0.2) is 65.2 Å². The van der Waals surface area contributed by atoms with Crippen LogP contribution in [0.4, 0.5) is 16.2 Å². The minimum Gasteiger partial charge on any atom is -0.339 e. The van der Waals surface area contributed by atoms with Gasteiger partial charge in [0.05, 0.1) is 11.4 Å².